The van der Waals surface area contributed by atoms with Crippen LogP contribution in [0.5, 0.6) is 0 Å². The second-order valence-corrected chi connectivity index (χ2v) is 6.69. The Kier molecular flexibility index (Phi) is 6.39. The summed E-state index contributed by atoms with van der Waals surface area (Å²) >= 11 is 1.70. The highest BCUT2D eigenvalue weighted by atomic mass is 32.1. The minimum absolute atomic E-state index is 0.0483. The van der Waals surface area contributed by atoms with Crippen LogP contribution in [-0.2, 0) is 20.9 Å². The number of esters is 1. The van der Waals surface area contributed by atoms with E-state index in [1.54, 1.807) is 11.3 Å². The first kappa shape index (κ1) is 17.0. The molecule has 0 saturated carbocycles. The largest absolute Gasteiger partial charge is 0.466 e. The van der Waals surface area contributed by atoms with E-state index < -0.39 is 0 Å². The molecule has 1 aliphatic heterocycles. The van der Waals surface area contributed by atoms with Gasteiger partial charge in [-0.2, -0.15) is 0 Å². The quantitative estimate of drug-likeness (QED) is 0.751. The van der Waals surface area contributed by atoms with Gasteiger partial charge in [0, 0.05) is 24.5 Å². The summed E-state index contributed by atoms with van der Waals surface area (Å²) < 4.78 is 5.05. The zero-order chi connectivity index (χ0) is 15.9. The molecule has 0 aliphatic carbocycles. The van der Waals surface area contributed by atoms with E-state index in [1.807, 2.05) is 35.2 Å². The van der Waals surface area contributed by atoms with Crippen molar-refractivity contribution in [2.75, 3.05) is 33.3 Å². The van der Waals surface area contributed by atoms with Crippen molar-refractivity contribution in [3.05, 3.63) is 22.4 Å². The summed E-state index contributed by atoms with van der Waals surface area (Å²) in [5.41, 5.74) is 0. The molecule has 122 valence electrons. The molecule has 0 radical (unpaired) electrons. The third-order valence-corrected chi connectivity index (χ3v) is 4.74. The van der Waals surface area contributed by atoms with Crippen LogP contribution in [0.1, 0.15) is 24.6 Å². The van der Waals surface area contributed by atoms with Crippen molar-refractivity contribution in [2.24, 2.45) is 5.92 Å². The number of thiophene rings is 1. The average Bonchev–Trinajstić information content (AvgIpc) is 3.00. The van der Waals surface area contributed by atoms with E-state index in [-0.39, 0.29) is 17.8 Å². The van der Waals surface area contributed by atoms with E-state index in [9.17, 15) is 9.59 Å². The number of likely N-dealkylation sites (N-methyl/N-ethyl adjacent to an activating group) is 1. The molecular weight excluding hydrogens is 300 g/mol. The molecule has 0 N–H and O–H groups in total. The number of hydrogen-bond donors (Lipinski definition) is 0. The maximum Gasteiger partial charge on any atom is 0.309 e. The highest BCUT2D eigenvalue weighted by Gasteiger charge is 2.28. The summed E-state index contributed by atoms with van der Waals surface area (Å²) in [4.78, 5) is 29.2. The molecule has 2 heterocycles. The van der Waals surface area contributed by atoms with Crippen molar-refractivity contribution in [3.63, 3.8) is 0 Å². The van der Waals surface area contributed by atoms with E-state index in [1.165, 1.54) is 4.88 Å². The zero-order valence-corrected chi connectivity index (χ0v) is 14.1. The van der Waals surface area contributed by atoms with Crippen molar-refractivity contribution >= 4 is 23.2 Å². The Hall–Kier alpha value is -1.40. The molecule has 1 fully saturated rings. The van der Waals surface area contributed by atoms with Crippen molar-refractivity contribution < 1.29 is 14.3 Å². The van der Waals surface area contributed by atoms with E-state index in [4.69, 9.17) is 4.74 Å². The fourth-order valence-corrected chi connectivity index (χ4v) is 3.46. The summed E-state index contributed by atoms with van der Waals surface area (Å²) in [6.45, 7) is 4.75. The molecule has 6 heteroatoms. The molecule has 0 spiro atoms. The van der Waals surface area contributed by atoms with Crippen molar-refractivity contribution in [1.82, 2.24) is 9.80 Å². The van der Waals surface area contributed by atoms with Gasteiger partial charge in [0.1, 0.15) is 0 Å². The van der Waals surface area contributed by atoms with Crippen LogP contribution in [-0.4, -0.2) is 55.0 Å². The highest BCUT2D eigenvalue weighted by molar-refractivity contribution is 7.09. The SMILES string of the molecule is CCOC(=O)C1CCN(C(=O)CN(C)Cc2cccs2)CC1. The third kappa shape index (κ3) is 4.81. The number of piperidine rings is 1. The number of likely N-dealkylation sites (tertiary alicyclic amines) is 1. The van der Waals surface area contributed by atoms with Gasteiger partial charge in [0.25, 0.3) is 0 Å². The van der Waals surface area contributed by atoms with Gasteiger partial charge in [-0.05, 0) is 38.3 Å². The van der Waals surface area contributed by atoms with E-state index in [0.29, 0.717) is 39.1 Å². The topological polar surface area (TPSA) is 49.9 Å². The Balaban J connectivity index is 1.74. The summed E-state index contributed by atoms with van der Waals surface area (Å²) in [6, 6.07) is 4.10. The fourth-order valence-electron chi connectivity index (χ4n) is 2.68. The van der Waals surface area contributed by atoms with Gasteiger partial charge in [-0.3, -0.25) is 14.5 Å². The Morgan fingerprint density at radius 1 is 1.41 bits per heavy atom. The third-order valence-electron chi connectivity index (χ3n) is 3.88. The lowest BCUT2D eigenvalue weighted by atomic mass is 9.97. The van der Waals surface area contributed by atoms with Gasteiger partial charge in [-0.1, -0.05) is 6.07 Å². The molecule has 5 nitrogen and oxygen atoms in total. The van der Waals surface area contributed by atoms with Crippen molar-refractivity contribution in [3.8, 4) is 0 Å². The Bertz CT molecular complexity index is 482. The Morgan fingerprint density at radius 2 is 2.14 bits per heavy atom. The molecule has 0 bridgehead atoms. The smallest absolute Gasteiger partial charge is 0.309 e. The van der Waals surface area contributed by atoms with Gasteiger partial charge in [0.2, 0.25) is 5.91 Å². The first-order valence-electron chi connectivity index (χ1n) is 7.75. The number of amides is 1. The van der Waals surface area contributed by atoms with Crippen molar-refractivity contribution in [1.29, 1.82) is 0 Å². The zero-order valence-electron chi connectivity index (χ0n) is 13.3. The predicted octanol–water partition coefficient (Wildman–Crippen LogP) is 1.98. The number of ether oxygens (including phenoxy) is 1. The van der Waals surface area contributed by atoms with Gasteiger partial charge < -0.3 is 9.64 Å². The molecular formula is C16H24N2O3S. The Labute approximate surface area is 135 Å². The second kappa shape index (κ2) is 8.29. The molecule has 0 aromatic carbocycles. The van der Waals surface area contributed by atoms with Gasteiger partial charge in [0.15, 0.2) is 0 Å². The maximum atomic E-state index is 12.3. The van der Waals surface area contributed by atoms with Crippen LogP contribution < -0.4 is 0 Å². The number of rotatable bonds is 6. The molecule has 1 aromatic rings. The molecule has 1 amide bonds. The van der Waals surface area contributed by atoms with Crippen molar-refractivity contribution in [2.45, 2.75) is 26.3 Å². The van der Waals surface area contributed by atoms with E-state index >= 15 is 0 Å². The molecule has 2 rings (SSSR count). The molecule has 1 aromatic heterocycles. The number of hydrogen-bond acceptors (Lipinski definition) is 5. The monoisotopic (exact) mass is 324 g/mol. The van der Waals surface area contributed by atoms with Crippen LogP contribution in [0, 0.1) is 5.92 Å². The standard InChI is InChI=1S/C16H24N2O3S/c1-3-21-16(20)13-6-8-18(9-7-13)15(19)12-17(2)11-14-5-4-10-22-14/h4-5,10,13H,3,6-9,11-12H2,1-2H3. The minimum atomic E-state index is -0.121. The van der Waals surface area contributed by atoms with Gasteiger partial charge in [0.05, 0.1) is 19.1 Å². The van der Waals surface area contributed by atoms with Gasteiger partial charge in [-0.15, -0.1) is 11.3 Å². The lowest BCUT2D eigenvalue weighted by molar-refractivity contribution is -0.151. The summed E-state index contributed by atoms with van der Waals surface area (Å²) in [6.07, 6.45) is 1.42. The molecule has 0 unspecified atom stereocenters. The van der Waals surface area contributed by atoms with Crippen LogP contribution in [0.2, 0.25) is 0 Å². The summed E-state index contributed by atoms with van der Waals surface area (Å²) in [7, 11) is 1.96. The normalized spacial score (nSPS) is 16.0. The van der Waals surface area contributed by atoms with E-state index in [0.717, 1.165) is 6.54 Å². The lowest BCUT2D eigenvalue weighted by Crippen LogP contribution is -2.44. The summed E-state index contributed by atoms with van der Waals surface area (Å²) in [5, 5.41) is 2.05. The number of carbonyl (C=O) groups is 2. The Morgan fingerprint density at radius 3 is 2.73 bits per heavy atom. The van der Waals surface area contributed by atoms with E-state index in [2.05, 4.69) is 6.07 Å². The maximum absolute atomic E-state index is 12.3. The first-order valence-corrected chi connectivity index (χ1v) is 8.63. The van der Waals surface area contributed by atoms with Gasteiger partial charge in [-0.25, -0.2) is 0 Å². The fraction of sp³-hybridized carbons (Fsp3) is 0.625. The first-order chi connectivity index (χ1) is 10.6. The van der Waals surface area contributed by atoms with Gasteiger partial charge >= 0.3 is 5.97 Å². The van der Waals surface area contributed by atoms with Crippen LogP contribution in [0.4, 0.5) is 0 Å². The number of carbonyl (C=O) groups excluding carboxylic acids is 2. The predicted molar refractivity (Wildman–Crippen MR) is 86.6 cm³/mol. The summed E-state index contributed by atoms with van der Waals surface area (Å²) in [5.74, 6) is -0.0291. The van der Waals surface area contributed by atoms with Crippen LogP contribution in [0.25, 0.3) is 0 Å². The molecule has 22 heavy (non-hydrogen) atoms. The van der Waals surface area contributed by atoms with Crippen LogP contribution in [0.15, 0.2) is 17.5 Å². The van der Waals surface area contributed by atoms with Crippen LogP contribution >= 0.6 is 11.3 Å². The van der Waals surface area contributed by atoms with Crippen LogP contribution in [0.3, 0.4) is 0 Å². The lowest BCUT2D eigenvalue weighted by Gasteiger charge is -2.32. The molecule has 0 atom stereocenters. The minimum Gasteiger partial charge on any atom is -0.466 e. The number of nitrogens with zero attached hydrogens (tertiary/aromatic N) is 2. The molecule has 1 aliphatic rings. The molecule has 1 saturated heterocycles. The highest BCUT2D eigenvalue weighted by Crippen LogP contribution is 2.19. The second-order valence-electron chi connectivity index (χ2n) is 5.66. The average molecular weight is 324 g/mol.